The van der Waals surface area contributed by atoms with Crippen molar-refractivity contribution in [1.29, 1.82) is 0 Å². The number of nitrogens with zero attached hydrogens (tertiary/aromatic N) is 2. The molecule has 1 atom stereocenters. The largest absolute Gasteiger partial charge is 0.362 e. The highest BCUT2D eigenvalue weighted by Crippen LogP contribution is 2.31. The van der Waals surface area contributed by atoms with E-state index in [9.17, 15) is 0 Å². The lowest BCUT2D eigenvalue weighted by atomic mass is 10.1. The number of rotatable bonds is 4. The van der Waals surface area contributed by atoms with Gasteiger partial charge in [0.15, 0.2) is 0 Å². The summed E-state index contributed by atoms with van der Waals surface area (Å²) in [7, 11) is 0. The highest BCUT2D eigenvalue weighted by Gasteiger charge is 2.16. The Morgan fingerprint density at radius 3 is 2.67 bits per heavy atom. The molecule has 0 aliphatic rings. The van der Waals surface area contributed by atoms with Crippen LogP contribution in [0.15, 0.2) is 23.8 Å². The third kappa shape index (κ3) is 2.82. The Balaban J connectivity index is 2.26. The summed E-state index contributed by atoms with van der Waals surface area (Å²) in [6.45, 7) is 6.29. The SMILES string of the molecule is CC(C)c1c(Cl)ncnc1NC(C)c1cccs1. The second kappa shape index (κ2) is 5.67. The molecule has 0 aromatic carbocycles. The Morgan fingerprint density at radius 1 is 1.28 bits per heavy atom. The summed E-state index contributed by atoms with van der Waals surface area (Å²) in [5.41, 5.74) is 0.975. The van der Waals surface area contributed by atoms with Crippen LogP contribution in [0.5, 0.6) is 0 Å². The first-order valence-corrected chi connectivity index (χ1v) is 7.15. The average Bonchev–Trinajstić information content (AvgIpc) is 2.81. The molecule has 18 heavy (non-hydrogen) atoms. The normalized spacial score (nSPS) is 12.7. The van der Waals surface area contributed by atoms with Crippen molar-refractivity contribution < 1.29 is 0 Å². The zero-order chi connectivity index (χ0) is 13.1. The standard InChI is InChI=1S/C13H16ClN3S/c1-8(2)11-12(14)15-7-16-13(11)17-9(3)10-5-4-6-18-10/h4-9H,1-3H3,(H,15,16,17). The number of hydrogen-bond acceptors (Lipinski definition) is 4. The fourth-order valence-electron chi connectivity index (χ4n) is 1.81. The number of hydrogen-bond donors (Lipinski definition) is 1. The molecule has 2 aromatic rings. The quantitative estimate of drug-likeness (QED) is 0.839. The minimum atomic E-state index is 0.216. The Bertz CT molecular complexity index is 511. The second-order valence-electron chi connectivity index (χ2n) is 4.46. The monoisotopic (exact) mass is 281 g/mol. The number of nitrogens with one attached hydrogen (secondary N) is 1. The third-order valence-electron chi connectivity index (χ3n) is 2.74. The van der Waals surface area contributed by atoms with Crippen LogP contribution in [0.4, 0.5) is 5.82 Å². The van der Waals surface area contributed by atoms with Crippen molar-refractivity contribution >= 4 is 28.8 Å². The second-order valence-corrected chi connectivity index (χ2v) is 5.80. The van der Waals surface area contributed by atoms with Gasteiger partial charge in [0.05, 0.1) is 6.04 Å². The van der Waals surface area contributed by atoms with E-state index in [1.165, 1.54) is 11.2 Å². The first kappa shape index (κ1) is 13.3. The van der Waals surface area contributed by atoms with Gasteiger partial charge < -0.3 is 5.32 Å². The predicted octanol–water partition coefficient (Wildman–Crippen LogP) is 4.49. The van der Waals surface area contributed by atoms with Crippen LogP contribution >= 0.6 is 22.9 Å². The van der Waals surface area contributed by atoms with Crippen LogP contribution in [0.25, 0.3) is 0 Å². The van der Waals surface area contributed by atoms with Crippen molar-refractivity contribution in [1.82, 2.24) is 9.97 Å². The highest BCUT2D eigenvalue weighted by molar-refractivity contribution is 7.10. The van der Waals surface area contributed by atoms with E-state index in [0.29, 0.717) is 5.15 Å². The fraction of sp³-hybridized carbons (Fsp3) is 0.385. The maximum atomic E-state index is 6.14. The maximum Gasteiger partial charge on any atom is 0.138 e. The van der Waals surface area contributed by atoms with E-state index in [4.69, 9.17) is 11.6 Å². The molecule has 5 heteroatoms. The van der Waals surface area contributed by atoms with Gasteiger partial charge in [-0.25, -0.2) is 9.97 Å². The molecule has 2 aromatic heterocycles. The predicted molar refractivity (Wildman–Crippen MR) is 77.5 cm³/mol. The molecular weight excluding hydrogens is 266 g/mol. The minimum Gasteiger partial charge on any atom is -0.362 e. The molecule has 0 saturated heterocycles. The minimum absolute atomic E-state index is 0.216. The van der Waals surface area contributed by atoms with Crippen LogP contribution in [-0.2, 0) is 0 Å². The molecule has 0 aliphatic carbocycles. The van der Waals surface area contributed by atoms with Crippen LogP contribution in [-0.4, -0.2) is 9.97 Å². The summed E-state index contributed by atoms with van der Waals surface area (Å²) >= 11 is 7.87. The first-order valence-electron chi connectivity index (χ1n) is 5.90. The molecule has 0 amide bonds. The summed E-state index contributed by atoms with van der Waals surface area (Å²) in [5.74, 6) is 1.11. The molecule has 1 unspecified atom stereocenters. The zero-order valence-corrected chi connectivity index (χ0v) is 12.2. The molecule has 0 bridgehead atoms. The third-order valence-corrected chi connectivity index (χ3v) is 4.09. The van der Waals surface area contributed by atoms with E-state index < -0.39 is 0 Å². The van der Waals surface area contributed by atoms with Crippen molar-refractivity contribution in [2.75, 3.05) is 5.32 Å². The number of halogens is 1. The fourth-order valence-corrected chi connectivity index (χ4v) is 2.90. The highest BCUT2D eigenvalue weighted by atomic mass is 35.5. The van der Waals surface area contributed by atoms with Crippen LogP contribution in [0.2, 0.25) is 5.15 Å². The van der Waals surface area contributed by atoms with E-state index in [1.807, 2.05) is 0 Å². The van der Waals surface area contributed by atoms with Gasteiger partial charge in [-0.1, -0.05) is 31.5 Å². The van der Waals surface area contributed by atoms with E-state index in [0.717, 1.165) is 11.4 Å². The smallest absolute Gasteiger partial charge is 0.138 e. The molecule has 2 heterocycles. The van der Waals surface area contributed by atoms with Crippen molar-refractivity contribution in [2.24, 2.45) is 0 Å². The lowest BCUT2D eigenvalue weighted by Gasteiger charge is -2.18. The maximum absolute atomic E-state index is 6.14. The molecule has 3 nitrogen and oxygen atoms in total. The molecule has 2 rings (SSSR count). The average molecular weight is 282 g/mol. The molecule has 0 fully saturated rings. The van der Waals surface area contributed by atoms with Crippen LogP contribution in [0, 0.1) is 0 Å². The summed E-state index contributed by atoms with van der Waals surface area (Å²) < 4.78 is 0. The zero-order valence-electron chi connectivity index (χ0n) is 10.6. The summed E-state index contributed by atoms with van der Waals surface area (Å²) in [6, 6.07) is 4.38. The van der Waals surface area contributed by atoms with E-state index in [2.05, 4.69) is 53.6 Å². The Kier molecular flexibility index (Phi) is 4.19. The summed E-state index contributed by atoms with van der Waals surface area (Å²) in [6.07, 6.45) is 1.50. The first-order chi connectivity index (χ1) is 8.59. The lowest BCUT2D eigenvalue weighted by Crippen LogP contribution is -2.10. The topological polar surface area (TPSA) is 37.8 Å². The van der Waals surface area contributed by atoms with Crippen molar-refractivity contribution in [3.05, 3.63) is 39.4 Å². The van der Waals surface area contributed by atoms with Crippen molar-refractivity contribution in [3.63, 3.8) is 0 Å². The van der Waals surface area contributed by atoms with Gasteiger partial charge in [0.1, 0.15) is 17.3 Å². The number of anilines is 1. The Hall–Kier alpha value is -1.13. The number of aromatic nitrogens is 2. The van der Waals surface area contributed by atoms with Gasteiger partial charge in [0.25, 0.3) is 0 Å². The van der Waals surface area contributed by atoms with Crippen molar-refractivity contribution in [3.8, 4) is 0 Å². The lowest BCUT2D eigenvalue weighted by molar-refractivity contribution is 0.824. The molecule has 0 spiro atoms. The van der Waals surface area contributed by atoms with Gasteiger partial charge in [0.2, 0.25) is 0 Å². The van der Waals surface area contributed by atoms with E-state index in [1.54, 1.807) is 11.3 Å². The van der Waals surface area contributed by atoms with Crippen LogP contribution in [0.3, 0.4) is 0 Å². The van der Waals surface area contributed by atoms with Crippen LogP contribution in [0.1, 0.15) is 43.2 Å². The van der Waals surface area contributed by atoms with E-state index in [-0.39, 0.29) is 12.0 Å². The Labute approximate surface area is 116 Å². The molecule has 1 N–H and O–H groups in total. The van der Waals surface area contributed by atoms with Crippen molar-refractivity contribution in [2.45, 2.75) is 32.7 Å². The summed E-state index contributed by atoms with van der Waals surface area (Å²) in [5, 5.41) is 6.01. The molecule has 0 saturated carbocycles. The molecular formula is C13H16ClN3S. The van der Waals surface area contributed by atoms with Gasteiger partial charge in [0, 0.05) is 10.4 Å². The van der Waals surface area contributed by atoms with E-state index >= 15 is 0 Å². The molecule has 96 valence electrons. The van der Waals surface area contributed by atoms with Gasteiger partial charge in [-0.05, 0) is 24.3 Å². The van der Waals surface area contributed by atoms with Gasteiger partial charge in [-0.3, -0.25) is 0 Å². The molecule has 0 aliphatic heterocycles. The number of thiophene rings is 1. The van der Waals surface area contributed by atoms with Gasteiger partial charge >= 0.3 is 0 Å². The Morgan fingerprint density at radius 2 is 2.06 bits per heavy atom. The molecule has 0 radical (unpaired) electrons. The summed E-state index contributed by atoms with van der Waals surface area (Å²) in [4.78, 5) is 9.63. The van der Waals surface area contributed by atoms with Gasteiger partial charge in [-0.2, -0.15) is 0 Å². The van der Waals surface area contributed by atoms with Gasteiger partial charge in [-0.15, -0.1) is 11.3 Å². The van der Waals surface area contributed by atoms with Crippen LogP contribution < -0.4 is 5.32 Å².